The Kier molecular flexibility index (Phi) is 2.98. The van der Waals surface area contributed by atoms with Crippen LogP contribution in [0, 0.1) is 0 Å². The second-order valence-electron chi connectivity index (χ2n) is 5.66. The Bertz CT molecular complexity index is 591. The maximum absolute atomic E-state index is 6.17. The Hall–Kier alpha value is -1.84. The van der Waals surface area contributed by atoms with Gasteiger partial charge in [0.05, 0.1) is 19.0 Å². The van der Waals surface area contributed by atoms with Crippen LogP contribution in [0.4, 0.5) is 0 Å². The number of allylic oxidation sites excluding steroid dienone is 1. The van der Waals surface area contributed by atoms with Gasteiger partial charge in [-0.05, 0) is 35.9 Å². The number of rotatable bonds is 1. The predicted molar refractivity (Wildman–Crippen MR) is 80.4 cm³/mol. The molecule has 1 aliphatic carbocycles. The molecule has 1 aromatic rings. The van der Waals surface area contributed by atoms with Gasteiger partial charge in [0.2, 0.25) is 5.79 Å². The van der Waals surface area contributed by atoms with Crippen LogP contribution in [0.2, 0.25) is 0 Å². The summed E-state index contributed by atoms with van der Waals surface area (Å²) >= 11 is 0. The van der Waals surface area contributed by atoms with Crippen LogP contribution in [-0.2, 0) is 14.2 Å². The summed E-state index contributed by atoms with van der Waals surface area (Å²) in [4.78, 5) is 0. The second-order valence-corrected chi connectivity index (χ2v) is 5.66. The topological polar surface area (TPSA) is 27.7 Å². The van der Waals surface area contributed by atoms with E-state index >= 15 is 0 Å². The Balaban J connectivity index is 1.52. The maximum atomic E-state index is 6.17. The van der Waals surface area contributed by atoms with Gasteiger partial charge in [-0.25, -0.2) is 0 Å². The van der Waals surface area contributed by atoms with Crippen molar-refractivity contribution in [3.63, 3.8) is 0 Å². The van der Waals surface area contributed by atoms with Gasteiger partial charge in [-0.3, -0.25) is 0 Å². The molecular formula is C18H18O3. The highest BCUT2D eigenvalue weighted by atomic mass is 16.7. The van der Waals surface area contributed by atoms with E-state index in [9.17, 15) is 0 Å². The van der Waals surface area contributed by atoms with Crippen molar-refractivity contribution in [3.05, 3.63) is 66.0 Å². The molecule has 3 nitrogen and oxygen atoms in total. The molecule has 2 fully saturated rings. The third-order valence-electron chi connectivity index (χ3n) is 4.14. The van der Waals surface area contributed by atoms with E-state index in [0.717, 1.165) is 18.6 Å². The molecule has 0 radical (unpaired) electrons. The summed E-state index contributed by atoms with van der Waals surface area (Å²) in [6, 6.07) is 10.3. The highest BCUT2D eigenvalue weighted by Crippen LogP contribution is 2.40. The summed E-state index contributed by atoms with van der Waals surface area (Å²) in [6.07, 6.45) is 12.1. The fourth-order valence-corrected chi connectivity index (χ4v) is 3.00. The minimum Gasteiger partial charge on any atom is -0.483 e. The largest absolute Gasteiger partial charge is 0.483 e. The van der Waals surface area contributed by atoms with Gasteiger partial charge in [0, 0.05) is 12.8 Å². The fourth-order valence-electron chi connectivity index (χ4n) is 3.00. The van der Waals surface area contributed by atoms with Gasteiger partial charge in [0.15, 0.2) is 0 Å². The van der Waals surface area contributed by atoms with E-state index in [-0.39, 0.29) is 5.60 Å². The molecular weight excluding hydrogens is 264 g/mol. The van der Waals surface area contributed by atoms with Crippen LogP contribution in [0.1, 0.15) is 18.4 Å². The molecule has 2 heterocycles. The van der Waals surface area contributed by atoms with Crippen LogP contribution in [-0.4, -0.2) is 24.6 Å². The van der Waals surface area contributed by atoms with Crippen molar-refractivity contribution in [1.82, 2.24) is 0 Å². The van der Waals surface area contributed by atoms with E-state index in [1.54, 1.807) is 0 Å². The maximum Gasteiger partial charge on any atom is 0.208 e. The van der Waals surface area contributed by atoms with Gasteiger partial charge in [-0.15, -0.1) is 0 Å². The quantitative estimate of drug-likeness (QED) is 0.738. The van der Waals surface area contributed by atoms with Crippen molar-refractivity contribution in [2.45, 2.75) is 24.2 Å². The van der Waals surface area contributed by atoms with Gasteiger partial charge in [-0.1, -0.05) is 30.3 Å². The molecule has 0 amide bonds. The van der Waals surface area contributed by atoms with E-state index < -0.39 is 5.79 Å². The van der Waals surface area contributed by atoms with E-state index in [4.69, 9.17) is 14.2 Å². The third kappa shape index (κ3) is 2.43. The van der Waals surface area contributed by atoms with Gasteiger partial charge in [0.25, 0.3) is 0 Å². The molecule has 4 rings (SSSR count). The molecule has 2 aliphatic heterocycles. The second kappa shape index (κ2) is 4.86. The zero-order chi connectivity index (χ0) is 14.2. The number of ether oxygens (including phenoxy) is 3. The van der Waals surface area contributed by atoms with Crippen LogP contribution in [0.25, 0.3) is 6.08 Å². The van der Waals surface area contributed by atoms with Crippen molar-refractivity contribution < 1.29 is 14.2 Å². The van der Waals surface area contributed by atoms with Gasteiger partial charge in [-0.2, -0.15) is 0 Å². The SMILES string of the molecule is C1=CC2(C=CC13CC/C(=C/c1ccccc1)O3)OCCO2. The van der Waals surface area contributed by atoms with Crippen molar-refractivity contribution in [2.24, 2.45) is 0 Å². The highest BCUT2D eigenvalue weighted by molar-refractivity contribution is 5.52. The van der Waals surface area contributed by atoms with E-state index in [0.29, 0.717) is 13.2 Å². The molecule has 108 valence electrons. The first kappa shape index (κ1) is 12.9. The van der Waals surface area contributed by atoms with E-state index in [1.807, 2.05) is 30.4 Å². The standard InChI is InChI=1S/C18H18O3/c1-2-4-15(5-3-1)14-16-6-7-17(21-16)8-10-18(11-9-17)19-12-13-20-18/h1-5,8-11,14H,6-7,12-13H2/b16-14-. The van der Waals surface area contributed by atoms with Crippen LogP contribution in [0.3, 0.4) is 0 Å². The molecule has 0 unspecified atom stereocenters. The molecule has 0 bridgehead atoms. The Morgan fingerprint density at radius 1 is 0.905 bits per heavy atom. The van der Waals surface area contributed by atoms with E-state index in [1.165, 1.54) is 5.56 Å². The number of benzene rings is 1. The molecule has 3 heteroatoms. The van der Waals surface area contributed by atoms with Crippen LogP contribution in [0.15, 0.2) is 60.4 Å². The first-order valence-corrected chi connectivity index (χ1v) is 7.41. The van der Waals surface area contributed by atoms with Crippen LogP contribution in [0.5, 0.6) is 0 Å². The first-order chi connectivity index (χ1) is 10.3. The lowest BCUT2D eigenvalue weighted by Gasteiger charge is -2.30. The van der Waals surface area contributed by atoms with E-state index in [2.05, 4.69) is 30.4 Å². The third-order valence-corrected chi connectivity index (χ3v) is 4.14. The lowest BCUT2D eigenvalue weighted by atomic mass is 9.92. The van der Waals surface area contributed by atoms with Crippen molar-refractivity contribution in [2.75, 3.05) is 13.2 Å². The van der Waals surface area contributed by atoms with Gasteiger partial charge >= 0.3 is 0 Å². The predicted octanol–water partition coefficient (Wildman–Crippen LogP) is 3.45. The van der Waals surface area contributed by atoms with Crippen molar-refractivity contribution in [1.29, 1.82) is 0 Å². The molecule has 3 aliphatic rings. The molecule has 0 atom stereocenters. The summed E-state index contributed by atoms with van der Waals surface area (Å²) < 4.78 is 17.5. The zero-order valence-corrected chi connectivity index (χ0v) is 11.8. The highest BCUT2D eigenvalue weighted by Gasteiger charge is 2.41. The lowest BCUT2D eigenvalue weighted by Crippen LogP contribution is -2.33. The van der Waals surface area contributed by atoms with Crippen molar-refractivity contribution >= 4 is 6.08 Å². The Labute approximate surface area is 124 Å². The molecule has 0 aromatic heterocycles. The molecule has 2 saturated heterocycles. The van der Waals surface area contributed by atoms with Crippen LogP contribution < -0.4 is 0 Å². The molecule has 1 aromatic carbocycles. The zero-order valence-electron chi connectivity index (χ0n) is 11.8. The number of hydrogen-bond acceptors (Lipinski definition) is 3. The van der Waals surface area contributed by atoms with Gasteiger partial charge < -0.3 is 14.2 Å². The molecule has 2 spiro atoms. The average molecular weight is 282 g/mol. The fraction of sp³-hybridized carbons (Fsp3) is 0.333. The van der Waals surface area contributed by atoms with Crippen LogP contribution >= 0.6 is 0 Å². The lowest BCUT2D eigenvalue weighted by molar-refractivity contribution is -0.0786. The normalized spacial score (nSPS) is 26.8. The summed E-state index contributed by atoms with van der Waals surface area (Å²) in [5.74, 6) is 0.375. The Morgan fingerprint density at radius 2 is 1.62 bits per heavy atom. The first-order valence-electron chi connectivity index (χ1n) is 7.41. The Morgan fingerprint density at radius 3 is 2.33 bits per heavy atom. The monoisotopic (exact) mass is 282 g/mol. The smallest absolute Gasteiger partial charge is 0.208 e. The molecule has 0 saturated carbocycles. The minimum atomic E-state index is -0.652. The molecule has 0 N–H and O–H groups in total. The average Bonchev–Trinajstić information content (AvgIpc) is 3.12. The summed E-state index contributed by atoms with van der Waals surface area (Å²) in [6.45, 7) is 1.28. The summed E-state index contributed by atoms with van der Waals surface area (Å²) in [7, 11) is 0. The number of hydrogen-bond donors (Lipinski definition) is 0. The minimum absolute atomic E-state index is 0.332. The summed E-state index contributed by atoms with van der Waals surface area (Å²) in [5, 5.41) is 0. The van der Waals surface area contributed by atoms with Gasteiger partial charge in [0.1, 0.15) is 5.60 Å². The molecule has 21 heavy (non-hydrogen) atoms. The summed E-state index contributed by atoms with van der Waals surface area (Å²) in [5.41, 5.74) is 0.841. The van der Waals surface area contributed by atoms with Crippen molar-refractivity contribution in [3.8, 4) is 0 Å².